The first kappa shape index (κ1) is 17.8. The predicted octanol–water partition coefficient (Wildman–Crippen LogP) is 2.22. The van der Waals surface area contributed by atoms with Crippen molar-refractivity contribution in [1.82, 2.24) is 10.3 Å². The van der Waals surface area contributed by atoms with Crippen molar-refractivity contribution >= 4 is 34.8 Å². The van der Waals surface area contributed by atoms with Gasteiger partial charge in [0.25, 0.3) is 5.91 Å². The lowest BCUT2D eigenvalue weighted by Gasteiger charge is -2.22. The number of carbonyl (C=O) groups excluding carboxylic acids is 1. The first-order valence-electron chi connectivity index (χ1n) is 7.03. The van der Waals surface area contributed by atoms with E-state index in [-0.39, 0.29) is 24.1 Å². The quantitative estimate of drug-likeness (QED) is 0.880. The summed E-state index contributed by atoms with van der Waals surface area (Å²) >= 11 is 1.34. The van der Waals surface area contributed by atoms with Crippen molar-refractivity contribution in [2.24, 2.45) is 0 Å². The number of halogens is 2. The number of ether oxygens (including phenoxy) is 1. The van der Waals surface area contributed by atoms with Gasteiger partial charge in [0.05, 0.1) is 6.61 Å². The molecule has 2 aromatic rings. The molecule has 0 spiro atoms. The van der Waals surface area contributed by atoms with Gasteiger partial charge in [-0.1, -0.05) is 18.2 Å². The Labute approximate surface area is 143 Å². The zero-order valence-electron chi connectivity index (χ0n) is 12.3. The van der Waals surface area contributed by atoms with Gasteiger partial charge in [-0.25, -0.2) is 9.37 Å². The molecule has 3 rings (SSSR count). The van der Waals surface area contributed by atoms with Crippen LogP contribution in [0.15, 0.2) is 30.5 Å². The van der Waals surface area contributed by atoms with E-state index in [1.54, 1.807) is 24.4 Å². The lowest BCUT2D eigenvalue weighted by Crippen LogP contribution is -2.45. The molecule has 124 valence electrons. The van der Waals surface area contributed by atoms with Crippen LogP contribution in [0.25, 0.3) is 0 Å². The number of morpholine rings is 1. The van der Waals surface area contributed by atoms with Crippen LogP contribution in [0.1, 0.15) is 10.4 Å². The summed E-state index contributed by atoms with van der Waals surface area (Å²) < 4.78 is 19.0. The fourth-order valence-electron chi connectivity index (χ4n) is 2.20. The molecular weight excluding hydrogens is 341 g/mol. The molecule has 23 heavy (non-hydrogen) atoms. The van der Waals surface area contributed by atoms with E-state index < -0.39 is 6.10 Å². The predicted molar refractivity (Wildman–Crippen MR) is 89.8 cm³/mol. The Morgan fingerprint density at radius 3 is 3.04 bits per heavy atom. The SMILES string of the molecule is Cl.O=C(Nc1ncc(Cc2ccccc2F)s1)C1CNCCO1. The van der Waals surface area contributed by atoms with Gasteiger partial charge in [0.1, 0.15) is 11.9 Å². The lowest BCUT2D eigenvalue weighted by atomic mass is 10.1. The molecule has 1 saturated heterocycles. The molecule has 1 amide bonds. The standard InChI is InChI=1S/C15H16FN3O2S.ClH/c16-12-4-2-1-3-10(12)7-11-8-18-15(22-11)19-14(20)13-9-17-5-6-21-13;/h1-4,8,13,17H,5-7,9H2,(H,18,19,20);1H. The summed E-state index contributed by atoms with van der Waals surface area (Å²) in [6.07, 6.45) is 1.63. The monoisotopic (exact) mass is 357 g/mol. The van der Waals surface area contributed by atoms with E-state index in [1.165, 1.54) is 17.4 Å². The number of aromatic nitrogens is 1. The maximum Gasteiger partial charge on any atom is 0.256 e. The third-order valence-electron chi connectivity index (χ3n) is 3.33. The number of hydrogen-bond donors (Lipinski definition) is 2. The maximum atomic E-state index is 13.6. The fourth-order valence-corrected chi connectivity index (χ4v) is 3.03. The minimum absolute atomic E-state index is 0. The highest BCUT2D eigenvalue weighted by Crippen LogP contribution is 2.22. The van der Waals surface area contributed by atoms with Crippen molar-refractivity contribution in [2.45, 2.75) is 12.5 Å². The zero-order chi connectivity index (χ0) is 15.4. The molecule has 2 heterocycles. The molecule has 1 aliphatic heterocycles. The van der Waals surface area contributed by atoms with Crippen LogP contribution in [-0.2, 0) is 16.0 Å². The number of thiazole rings is 1. The van der Waals surface area contributed by atoms with Gasteiger partial charge in [-0.15, -0.1) is 23.7 Å². The number of nitrogens with zero attached hydrogens (tertiary/aromatic N) is 1. The molecule has 1 atom stereocenters. The fraction of sp³-hybridized carbons (Fsp3) is 0.333. The van der Waals surface area contributed by atoms with Crippen LogP contribution >= 0.6 is 23.7 Å². The normalized spacial score (nSPS) is 17.3. The molecule has 2 N–H and O–H groups in total. The van der Waals surface area contributed by atoms with E-state index in [9.17, 15) is 9.18 Å². The van der Waals surface area contributed by atoms with E-state index in [4.69, 9.17) is 4.74 Å². The number of nitrogens with one attached hydrogen (secondary N) is 2. The van der Waals surface area contributed by atoms with Gasteiger partial charge in [-0.05, 0) is 11.6 Å². The molecule has 0 aliphatic carbocycles. The smallest absolute Gasteiger partial charge is 0.256 e. The average molecular weight is 358 g/mol. The van der Waals surface area contributed by atoms with E-state index >= 15 is 0 Å². The largest absolute Gasteiger partial charge is 0.366 e. The Morgan fingerprint density at radius 2 is 2.30 bits per heavy atom. The van der Waals surface area contributed by atoms with Crippen molar-refractivity contribution in [3.8, 4) is 0 Å². The minimum Gasteiger partial charge on any atom is -0.366 e. The Kier molecular flexibility index (Phi) is 6.47. The van der Waals surface area contributed by atoms with Gasteiger partial charge in [-0.2, -0.15) is 0 Å². The van der Waals surface area contributed by atoms with Crippen LogP contribution in [0.3, 0.4) is 0 Å². The lowest BCUT2D eigenvalue weighted by molar-refractivity contribution is -0.128. The van der Waals surface area contributed by atoms with Crippen LogP contribution in [0.5, 0.6) is 0 Å². The highest BCUT2D eigenvalue weighted by Gasteiger charge is 2.22. The second-order valence-electron chi connectivity index (χ2n) is 4.95. The second-order valence-corrected chi connectivity index (χ2v) is 6.07. The zero-order valence-corrected chi connectivity index (χ0v) is 13.9. The second kappa shape index (κ2) is 8.35. The molecule has 1 aliphatic rings. The highest BCUT2D eigenvalue weighted by atomic mass is 35.5. The van der Waals surface area contributed by atoms with E-state index in [1.807, 2.05) is 0 Å². The Hall–Kier alpha value is -1.54. The van der Waals surface area contributed by atoms with Gasteiger partial charge in [0.15, 0.2) is 5.13 Å². The first-order valence-corrected chi connectivity index (χ1v) is 7.85. The Morgan fingerprint density at radius 1 is 1.48 bits per heavy atom. The Balaban J connectivity index is 0.00000192. The van der Waals surface area contributed by atoms with Crippen molar-refractivity contribution in [3.63, 3.8) is 0 Å². The third-order valence-corrected chi connectivity index (χ3v) is 4.24. The topological polar surface area (TPSA) is 63.2 Å². The average Bonchev–Trinajstić information content (AvgIpc) is 2.97. The summed E-state index contributed by atoms with van der Waals surface area (Å²) in [7, 11) is 0. The van der Waals surface area contributed by atoms with Crippen LogP contribution in [-0.4, -0.2) is 36.7 Å². The van der Waals surface area contributed by atoms with E-state index in [2.05, 4.69) is 15.6 Å². The number of amides is 1. The third kappa shape index (κ3) is 4.71. The summed E-state index contributed by atoms with van der Waals surface area (Å²) in [6.45, 7) is 1.78. The van der Waals surface area contributed by atoms with Crippen molar-refractivity contribution in [3.05, 3.63) is 46.7 Å². The molecule has 0 bridgehead atoms. The van der Waals surface area contributed by atoms with Crippen LogP contribution < -0.4 is 10.6 Å². The van der Waals surface area contributed by atoms with Crippen molar-refractivity contribution < 1.29 is 13.9 Å². The number of hydrogen-bond acceptors (Lipinski definition) is 5. The first-order chi connectivity index (χ1) is 10.7. The van der Waals surface area contributed by atoms with Crippen LogP contribution in [0, 0.1) is 5.82 Å². The van der Waals surface area contributed by atoms with Gasteiger partial charge < -0.3 is 10.1 Å². The number of benzene rings is 1. The number of carbonyl (C=O) groups is 1. The molecule has 1 fully saturated rings. The summed E-state index contributed by atoms with van der Waals surface area (Å²) in [5, 5.41) is 6.35. The highest BCUT2D eigenvalue weighted by molar-refractivity contribution is 7.15. The summed E-state index contributed by atoms with van der Waals surface area (Å²) in [6, 6.07) is 6.65. The molecule has 1 unspecified atom stereocenters. The van der Waals surface area contributed by atoms with Crippen molar-refractivity contribution in [1.29, 1.82) is 0 Å². The van der Waals surface area contributed by atoms with Gasteiger partial charge in [0, 0.05) is 30.6 Å². The molecule has 0 saturated carbocycles. The van der Waals surface area contributed by atoms with Crippen LogP contribution in [0.4, 0.5) is 9.52 Å². The van der Waals surface area contributed by atoms with Crippen molar-refractivity contribution in [2.75, 3.05) is 25.0 Å². The molecular formula is C15H17ClFN3O2S. The van der Waals surface area contributed by atoms with E-state index in [0.717, 1.165) is 11.4 Å². The summed E-state index contributed by atoms with van der Waals surface area (Å²) in [5.41, 5.74) is 0.615. The molecule has 1 aromatic carbocycles. The Bertz CT molecular complexity index is 662. The van der Waals surface area contributed by atoms with Gasteiger partial charge in [-0.3, -0.25) is 10.1 Å². The molecule has 0 radical (unpaired) electrons. The molecule has 5 nitrogen and oxygen atoms in total. The van der Waals surface area contributed by atoms with Gasteiger partial charge >= 0.3 is 0 Å². The number of anilines is 1. The maximum absolute atomic E-state index is 13.6. The summed E-state index contributed by atoms with van der Waals surface area (Å²) in [4.78, 5) is 17.1. The molecule has 8 heteroatoms. The summed E-state index contributed by atoms with van der Waals surface area (Å²) in [5.74, 6) is -0.442. The molecule has 1 aromatic heterocycles. The van der Waals surface area contributed by atoms with Gasteiger partial charge in [0.2, 0.25) is 0 Å². The minimum atomic E-state index is -0.493. The van der Waals surface area contributed by atoms with Crippen LogP contribution in [0.2, 0.25) is 0 Å². The number of rotatable bonds is 4. The van der Waals surface area contributed by atoms with E-state index in [0.29, 0.717) is 30.3 Å².